The van der Waals surface area contributed by atoms with E-state index < -0.39 is 11.9 Å². The first-order valence-corrected chi connectivity index (χ1v) is 7.42. The van der Waals surface area contributed by atoms with E-state index in [9.17, 15) is 13.6 Å². The molecule has 1 amide bonds. The average Bonchev–Trinajstić information content (AvgIpc) is 2.51. The minimum absolute atomic E-state index is 0.0743. The zero-order valence-electron chi connectivity index (χ0n) is 12.6. The normalized spacial score (nSPS) is 13.3. The second kappa shape index (κ2) is 7.42. The van der Waals surface area contributed by atoms with Crippen LogP contribution in [0.5, 0.6) is 5.75 Å². The standard InChI is InChI=1S/C17H16ClF2NO2/c1-10(12-3-5-13(19)6-4-12)21-17(22)11(2)23-14-7-8-16(20)15(18)9-14/h3-11H,1-2H3,(H,21,22)/t10-,11-/m0/s1. The molecule has 0 aromatic heterocycles. The number of benzene rings is 2. The van der Waals surface area contributed by atoms with Crippen molar-refractivity contribution in [3.05, 3.63) is 64.7 Å². The zero-order valence-corrected chi connectivity index (χ0v) is 13.4. The van der Waals surface area contributed by atoms with Crippen molar-refractivity contribution in [1.82, 2.24) is 5.32 Å². The van der Waals surface area contributed by atoms with E-state index >= 15 is 0 Å². The van der Waals surface area contributed by atoms with E-state index in [-0.39, 0.29) is 22.8 Å². The molecule has 0 saturated carbocycles. The van der Waals surface area contributed by atoms with Crippen LogP contribution in [0, 0.1) is 11.6 Å². The van der Waals surface area contributed by atoms with Crippen LogP contribution in [0.2, 0.25) is 5.02 Å². The summed E-state index contributed by atoms with van der Waals surface area (Å²) in [5, 5.41) is 2.69. The number of ether oxygens (including phenoxy) is 1. The Kier molecular flexibility index (Phi) is 5.55. The van der Waals surface area contributed by atoms with Gasteiger partial charge in [0.15, 0.2) is 6.10 Å². The van der Waals surface area contributed by atoms with Crippen LogP contribution < -0.4 is 10.1 Å². The second-order valence-corrected chi connectivity index (χ2v) is 5.53. The van der Waals surface area contributed by atoms with Gasteiger partial charge in [0.1, 0.15) is 17.4 Å². The van der Waals surface area contributed by atoms with Crippen molar-refractivity contribution in [1.29, 1.82) is 0 Å². The predicted molar refractivity (Wildman–Crippen MR) is 84.5 cm³/mol. The molecule has 2 aromatic rings. The van der Waals surface area contributed by atoms with Crippen molar-refractivity contribution in [3.63, 3.8) is 0 Å². The summed E-state index contributed by atoms with van der Waals surface area (Å²) in [5.41, 5.74) is 0.775. The second-order valence-electron chi connectivity index (χ2n) is 5.12. The Morgan fingerprint density at radius 3 is 2.39 bits per heavy atom. The van der Waals surface area contributed by atoms with Crippen LogP contribution in [0.4, 0.5) is 8.78 Å². The quantitative estimate of drug-likeness (QED) is 0.883. The Hall–Kier alpha value is -2.14. The summed E-state index contributed by atoms with van der Waals surface area (Å²) >= 11 is 5.67. The molecule has 0 spiro atoms. The number of halogens is 3. The smallest absolute Gasteiger partial charge is 0.261 e. The Balaban J connectivity index is 1.96. The molecule has 122 valence electrons. The van der Waals surface area contributed by atoms with Crippen LogP contribution >= 0.6 is 11.6 Å². The lowest BCUT2D eigenvalue weighted by molar-refractivity contribution is -0.127. The summed E-state index contributed by atoms with van der Waals surface area (Å²) in [5.74, 6) is -0.936. The fraction of sp³-hybridized carbons (Fsp3) is 0.235. The molecule has 2 aromatic carbocycles. The molecule has 0 fully saturated rings. The summed E-state index contributed by atoms with van der Waals surface area (Å²) in [7, 11) is 0. The highest BCUT2D eigenvalue weighted by molar-refractivity contribution is 6.30. The van der Waals surface area contributed by atoms with Crippen LogP contribution in [0.25, 0.3) is 0 Å². The maximum absolute atomic E-state index is 13.1. The number of amides is 1. The van der Waals surface area contributed by atoms with Gasteiger partial charge in [0.05, 0.1) is 11.1 Å². The first-order chi connectivity index (χ1) is 10.9. The van der Waals surface area contributed by atoms with Crippen molar-refractivity contribution in [2.75, 3.05) is 0 Å². The van der Waals surface area contributed by atoms with Gasteiger partial charge < -0.3 is 10.1 Å². The predicted octanol–water partition coefficient (Wildman–Crippen LogP) is 4.26. The first kappa shape index (κ1) is 17.2. The highest BCUT2D eigenvalue weighted by atomic mass is 35.5. The Morgan fingerprint density at radius 1 is 1.13 bits per heavy atom. The molecule has 6 heteroatoms. The molecule has 2 rings (SSSR count). The molecular formula is C17H16ClF2NO2. The summed E-state index contributed by atoms with van der Waals surface area (Å²) in [4.78, 5) is 12.1. The van der Waals surface area contributed by atoms with Crippen LogP contribution in [-0.4, -0.2) is 12.0 Å². The van der Waals surface area contributed by atoms with E-state index in [1.807, 2.05) is 0 Å². The molecule has 0 aliphatic carbocycles. The molecule has 0 saturated heterocycles. The number of hydrogen-bond donors (Lipinski definition) is 1. The molecule has 0 radical (unpaired) electrons. The van der Waals surface area contributed by atoms with Crippen molar-refractivity contribution in [3.8, 4) is 5.75 Å². The maximum atomic E-state index is 13.1. The number of hydrogen-bond acceptors (Lipinski definition) is 2. The van der Waals surface area contributed by atoms with Crippen LogP contribution in [0.1, 0.15) is 25.5 Å². The highest BCUT2D eigenvalue weighted by Crippen LogP contribution is 2.22. The lowest BCUT2D eigenvalue weighted by Gasteiger charge is -2.19. The summed E-state index contributed by atoms with van der Waals surface area (Å²) < 4.78 is 31.4. The topological polar surface area (TPSA) is 38.3 Å². The third kappa shape index (κ3) is 4.66. The number of carbonyl (C=O) groups excluding carboxylic acids is 1. The van der Waals surface area contributed by atoms with Crippen molar-refractivity contribution < 1.29 is 18.3 Å². The number of rotatable bonds is 5. The Labute approximate surface area is 138 Å². The van der Waals surface area contributed by atoms with Gasteiger partial charge in [-0.1, -0.05) is 23.7 Å². The van der Waals surface area contributed by atoms with Gasteiger partial charge in [0.25, 0.3) is 5.91 Å². The van der Waals surface area contributed by atoms with Gasteiger partial charge >= 0.3 is 0 Å². The van der Waals surface area contributed by atoms with Crippen LogP contribution in [0.15, 0.2) is 42.5 Å². The number of carbonyl (C=O) groups is 1. The van der Waals surface area contributed by atoms with Crippen molar-refractivity contribution >= 4 is 17.5 Å². The molecule has 0 aliphatic heterocycles. The third-order valence-electron chi connectivity index (χ3n) is 3.30. The lowest BCUT2D eigenvalue weighted by Crippen LogP contribution is -2.37. The molecule has 0 bridgehead atoms. The Morgan fingerprint density at radius 2 is 1.78 bits per heavy atom. The minimum Gasteiger partial charge on any atom is -0.481 e. The SMILES string of the molecule is C[C@H](Oc1ccc(F)c(Cl)c1)C(=O)N[C@@H](C)c1ccc(F)cc1. The fourth-order valence-corrected chi connectivity index (χ4v) is 2.14. The Bertz CT molecular complexity index is 691. The molecule has 0 unspecified atom stereocenters. The third-order valence-corrected chi connectivity index (χ3v) is 3.59. The summed E-state index contributed by atoms with van der Waals surface area (Å²) in [6.45, 7) is 3.36. The van der Waals surface area contributed by atoms with E-state index in [4.69, 9.17) is 16.3 Å². The largest absolute Gasteiger partial charge is 0.481 e. The van der Waals surface area contributed by atoms with E-state index in [2.05, 4.69) is 5.32 Å². The molecule has 1 N–H and O–H groups in total. The van der Waals surface area contributed by atoms with Gasteiger partial charge in [-0.25, -0.2) is 8.78 Å². The molecule has 23 heavy (non-hydrogen) atoms. The monoisotopic (exact) mass is 339 g/mol. The van der Waals surface area contributed by atoms with E-state index in [0.29, 0.717) is 5.75 Å². The molecular weight excluding hydrogens is 324 g/mol. The van der Waals surface area contributed by atoms with E-state index in [0.717, 1.165) is 5.56 Å². The van der Waals surface area contributed by atoms with Crippen LogP contribution in [0.3, 0.4) is 0 Å². The van der Waals surface area contributed by atoms with Gasteiger partial charge in [0.2, 0.25) is 0 Å². The van der Waals surface area contributed by atoms with Gasteiger partial charge in [-0.15, -0.1) is 0 Å². The summed E-state index contributed by atoms with van der Waals surface area (Å²) in [6, 6.07) is 9.45. The maximum Gasteiger partial charge on any atom is 0.261 e. The first-order valence-electron chi connectivity index (χ1n) is 7.04. The van der Waals surface area contributed by atoms with Gasteiger partial charge in [0, 0.05) is 6.07 Å². The van der Waals surface area contributed by atoms with Gasteiger partial charge in [-0.05, 0) is 43.7 Å². The van der Waals surface area contributed by atoms with Crippen molar-refractivity contribution in [2.45, 2.75) is 26.0 Å². The summed E-state index contributed by atoms with van der Waals surface area (Å²) in [6.07, 6.45) is -0.792. The molecule has 0 heterocycles. The fourth-order valence-electron chi connectivity index (χ4n) is 1.97. The molecule has 2 atom stereocenters. The van der Waals surface area contributed by atoms with Crippen molar-refractivity contribution in [2.24, 2.45) is 0 Å². The van der Waals surface area contributed by atoms with Crippen LogP contribution in [-0.2, 0) is 4.79 Å². The van der Waals surface area contributed by atoms with Gasteiger partial charge in [-0.3, -0.25) is 4.79 Å². The number of nitrogens with one attached hydrogen (secondary N) is 1. The lowest BCUT2D eigenvalue weighted by atomic mass is 10.1. The van der Waals surface area contributed by atoms with E-state index in [1.54, 1.807) is 26.0 Å². The van der Waals surface area contributed by atoms with Gasteiger partial charge in [-0.2, -0.15) is 0 Å². The zero-order chi connectivity index (χ0) is 17.0. The molecule has 0 aliphatic rings. The minimum atomic E-state index is -0.792. The van der Waals surface area contributed by atoms with E-state index in [1.165, 1.54) is 30.3 Å². The molecule has 3 nitrogen and oxygen atoms in total. The highest BCUT2D eigenvalue weighted by Gasteiger charge is 2.18. The average molecular weight is 340 g/mol.